The van der Waals surface area contributed by atoms with Crippen molar-refractivity contribution >= 4 is 15.2 Å². The second-order valence-electron chi connectivity index (χ2n) is 6.78. The quantitative estimate of drug-likeness (QED) is 0.310. The van der Waals surface area contributed by atoms with Crippen LogP contribution in [0.25, 0.3) is 0 Å². The maximum atomic E-state index is 11.2. The molecule has 0 aliphatic carbocycles. The first-order valence-electron chi connectivity index (χ1n) is 8.96. The molecule has 0 fully saturated rings. The third-order valence-electron chi connectivity index (χ3n) is 4.45. The van der Waals surface area contributed by atoms with Gasteiger partial charge in [-0.3, -0.25) is 4.90 Å². The Morgan fingerprint density at radius 1 is 0.656 bits per heavy atom. The molecule has 0 unspecified atom stereocenters. The first kappa shape index (κ1) is 36.6. The zero-order chi connectivity index (χ0) is 20.6. The molecule has 0 spiro atoms. The molecule has 2 aromatic carbocycles. The van der Waals surface area contributed by atoms with Crippen LogP contribution in [0.15, 0.2) is 60.7 Å². The maximum Gasteiger partial charge on any atom is 2.00 e. The van der Waals surface area contributed by atoms with Gasteiger partial charge in [0.1, 0.15) is 0 Å². The van der Waals surface area contributed by atoms with Gasteiger partial charge in [-0.1, -0.05) is 75.9 Å². The Kier molecular flexibility index (Phi) is 19.9. The van der Waals surface area contributed by atoms with Gasteiger partial charge in [0.15, 0.2) is 0 Å². The van der Waals surface area contributed by atoms with Gasteiger partial charge in [0.2, 0.25) is 0 Å². The molecule has 0 amide bonds. The summed E-state index contributed by atoms with van der Waals surface area (Å²) in [6.45, 7) is 0.870. The van der Waals surface area contributed by atoms with Crippen molar-refractivity contribution < 1.29 is 70.8 Å². The van der Waals surface area contributed by atoms with Crippen molar-refractivity contribution in [1.82, 2.24) is 17.2 Å². The van der Waals surface area contributed by atoms with Crippen LogP contribution in [0.1, 0.15) is 24.0 Å². The summed E-state index contributed by atoms with van der Waals surface area (Å²) < 4.78 is 22.3. The minimum absolute atomic E-state index is 0. The Labute approximate surface area is 218 Å². The van der Waals surface area contributed by atoms with Gasteiger partial charge in [-0.25, -0.2) is 0 Å². The molecular formula is C19H29N3O6P2Pt2. The van der Waals surface area contributed by atoms with E-state index < -0.39 is 33.6 Å². The van der Waals surface area contributed by atoms with E-state index in [1.165, 1.54) is 0 Å². The van der Waals surface area contributed by atoms with Crippen LogP contribution < -0.4 is 31.9 Å². The van der Waals surface area contributed by atoms with Crippen molar-refractivity contribution in [2.75, 3.05) is 12.3 Å². The van der Waals surface area contributed by atoms with E-state index in [0.717, 1.165) is 11.1 Å². The first-order valence-corrected chi connectivity index (χ1v) is 12.4. The Morgan fingerprint density at radius 2 is 0.969 bits per heavy atom. The van der Waals surface area contributed by atoms with Crippen LogP contribution in [0.4, 0.5) is 0 Å². The fraction of sp³-hybridized carbons (Fsp3) is 0.368. The van der Waals surface area contributed by atoms with Crippen molar-refractivity contribution in [3.63, 3.8) is 0 Å². The van der Waals surface area contributed by atoms with Crippen LogP contribution in [-0.4, -0.2) is 23.3 Å². The van der Waals surface area contributed by atoms with Crippen LogP contribution >= 0.6 is 15.2 Å². The molecule has 2 rings (SSSR count). The summed E-state index contributed by atoms with van der Waals surface area (Å²) in [6, 6.07) is 18.3. The molecule has 0 saturated heterocycles. The molecule has 0 saturated carbocycles. The van der Waals surface area contributed by atoms with Gasteiger partial charge in [-0.15, -0.1) is 0 Å². The fourth-order valence-electron chi connectivity index (χ4n) is 3.07. The molecule has 6 N–H and O–H groups in total. The van der Waals surface area contributed by atoms with Crippen LogP contribution in [-0.2, 0) is 64.4 Å². The zero-order valence-corrected chi connectivity index (χ0v) is 23.8. The zero-order valence-electron chi connectivity index (χ0n) is 17.4. The minimum atomic E-state index is -4.74. The first-order chi connectivity index (χ1) is 13.1. The van der Waals surface area contributed by atoms with Gasteiger partial charge in [0.05, 0.1) is 0 Å². The maximum absolute atomic E-state index is 11.2. The van der Waals surface area contributed by atoms with E-state index >= 15 is 0 Å². The van der Waals surface area contributed by atoms with E-state index in [4.69, 9.17) is 0 Å². The van der Waals surface area contributed by atoms with E-state index in [2.05, 4.69) is 0 Å². The van der Waals surface area contributed by atoms with Gasteiger partial charge in [-0.2, -0.15) is 0 Å². The Morgan fingerprint density at radius 3 is 1.25 bits per heavy atom. The molecule has 0 radical (unpaired) electrons. The molecule has 32 heavy (non-hydrogen) atoms. The fourth-order valence-corrected chi connectivity index (χ4v) is 4.30. The number of rotatable bonds is 11. The molecule has 0 aliphatic rings. The van der Waals surface area contributed by atoms with Gasteiger partial charge < -0.3 is 41.0 Å². The van der Waals surface area contributed by atoms with Crippen LogP contribution in [0, 0.1) is 0 Å². The smallest absolute Gasteiger partial charge is 0.811 e. The molecule has 13 heteroatoms. The largest absolute Gasteiger partial charge is 2.00 e. The Balaban J connectivity index is -0.00000210. The van der Waals surface area contributed by atoms with Gasteiger partial charge in [0, 0.05) is 19.1 Å². The molecule has 0 heterocycles. The molecule has 0 aliphatic heterocycles. The second-order valence-corrected chi connectivity index (χ2v) is 10.1. The summed E-state index contributed by atoms with van der Waals surface area (Å²) in [7, 11) is -9.48. The van der Waals surface area contributed by atoms with Crippen molar-refractivity contribution in [2.24, 2.45) is 0 Å². The number of hydrogen-bond donors (Lipinski definition) is 2. The van der Waals surface area contributed by atoms with Gasteiger partial charge in [-0.05, 0) is 36.3 Å². The van der Waals surface area contributed by atoms with Crippen molar-refractivity contribution in [2.45, 2.75) is 32.0 Å². The standard InChI is InChI=1S/C19H27NO6P2.2H3N.2Pt/c21-27(22,23)13-11-19(12-14-28(24,25)26)20(15-17-7-3-1-4-8-17)16-18-9-5-2-6-10-18;;;;/h1-10,19H,11-16H2,(H2,21,22,23)(H2,24,25,26);2*1H3;;/q;;;2*+2/p-4. The second kappa shape index (κ2) is 17.4. The van der Waals surface area contributed by atoms with Crippen molar-refractivity contribution in [1.29, 1.82) is 0 Å². The third-order valence-corrected chi connectivity index (χ3v) is 6.06. The predicted molar refractivity (Wildman–Crippen MR) is 110 cm³/mol. The average molecular weight is 848 g/mol. The summed E-state index contributed by atoms with van der Waals surface area (Å²) in [6.07, 6.45) is -1.21. The predicted octanol–water partition coefficient (Wildman–Crippen LogP) is 0.984. The van der Waals surface area contributed by atoms with Crippen LogP contribution in [0.2, 0.25) is 0 Å². The Hall–Kier alpha value is -0.00338. The monoisotopic (exact) mass is 847 g/mol. The summed E-state index contributed by atoms with van der Waals surface area (Å²) in [5.74, 6) is 0. The summed E-state index contributed by atoms with van der Waals surface area (Å²) in [4.78, 5) is 46.5. The van der Waals surface area contributed by atoms with E-state index in [1.807, 2.05) is 65.6 Å². The van der Waals surface area contributed by atoms with Gasteiger partial charge >= 0.3 is 42.1 Å². The molecular weight excluding hydrogens is 818 g/mol. The van der Waals surface area contributed by atoms with E-state index in [9.17, 15) is 28.7 Å². The number of nitrogens with zero attached hydrogens (tertiary/aromatic N) is 1. The van der Waals surface area contributed by atoms with Crippen molar-refractivity contribution in [3.8, 4) is 0 Å². The normalized spacial score (nSPS) is 11.1. The average Bonchev–Trinajstić information content (AvgIpc) is 2.61. The minimum Gasteiger partial charge on any atom is -0.811 e. The van der Waals surface area contributed by atoms with E-state index in [-0.39, 0.29) is 67.3 Å². The summed E-state index contributed by atoms with van der Waals surface area (Å²) >= 11 is 0. The number of benzene rings is 2. The van der Waals surface area contributed by atoms with Crippen LogP contribution in [0.3, 0.4) is 0 Å². The SMILES string of the molecule is N.N.O=P([O-])([O-])CCC(CCP(=O)([O-])[O-])N(Cc1ccccc1)Cc1ccccc1.[Pt+2].[Pt+2]. The summed E-state index contributed by atoms with van der Waals surface area (Å²) in [5.41, 5.74) is 1.92. The molecule has 9 nitrogen and oxygen atoms in total. The van der Waals surface area contributed by atoms with Crippen molar-refractivity contribution in [3.05, 3.63) is 71.8 Å². The molecule has 0 bridgehead atoms. The Bertz CT molecular complexity index is 757. The third kappa shape index (κ3) is 15.8. The number of hydrogen-bond acceptors (Lipinski definition) is 9. The van der Waals surface area contributed by atoms with Crippen LogP contribution in [0.5, 0.6) is 0 Å². The van der Waals surface area contributed by atoms with E-state index in [0.29, 0.717) is 13.1 Å². The summed E-state index contributed by atoms with van der Waals surface area (Å²) in [5, 5.41) is 0. The molecule has 0 atom stereocenters. The molecule has 186 valence electrons. The molecule has 2 aromatic rings. The molecule has 0 aromatic heterocycles. The van der Waals surface area contributed by atoms with Gasteiger partial charge in [0.25, 0.3) is 0 Å². The topological polar surface area (TPSA) is 200 Å². The van der Waals surface area contributed by atoms with E-state index in [1.54, 1.807) is 0 Å².